The third-order valence-electron chi connectivity index (χ3n) is 6.68. The maximum absolute atomic E-state index is 11.6. The van der Waals surface area contributed by atoms with Gasteiger partial charge in [0.2, 0.25) is 5.91 Å². The molecule has 6 nitrogen and oxygen atoms in total. The molecule has 1 aromatic rings. The third-order valence-corrected chi connectivity index (χ3v) is 6.68. The lowest BCUT2D eigenvalue weighted by Gasteiger charge is -2.44. The monoisotopic (exact) mass is 403 g/mol. The lowest BCUT2D eigenvalue weighted by molar-refractivity contribution is -0.130. The molecule has 29 heavy (non-hydrogen) atoms. The number of likely N-dealkylation sites (N-methyl/N-ethyl adjacent to an activating group) is 1. The van der Waals surface area contributed by atoms with Crippen LogP contribution in [0.25, 0.3) is 0 Å². The van der Waals surface area contributed by atoms with E-state index < -0.39 is 0 Å². The predicted octanol–water partition coefficient (Wildman–Crippen LogP) is 2.65. The van der Waals surface area contributed by atoms with Crippen molar-refractivity contribution in [3.8, 4) is 11.5 Å². The molecule has 2 aliphatic heterocycles. The molecule has 6 heteroatoms. The normalized spacial score (nSPS) is 21.4. The Morgan fingerprint density at radius 3 is 2.48 bits per heavy atom. The lowest BCUT2D eigenvalue weighted by Crippen LogP contribution is -2.53. The number of benzene rings is 1. The van der Waals surface area contributed by atoms with Crippen molar-refractivity contribution in [1.82, 2.24) is 14.7 Å². The van der Waals surface area contributed by atoms with Gasteiger partial charge in [-0.05, 0) is 63.4 Å². The largest absolute Gasteiger partial charge is 0.493 e. The van der Waals surface area contributed by atoms with Crippen molar-refractivity contribution in [3.63, 3.8) is 0 Å². The van der Waals surface area contributed by atoms with Gasteiger partial charge in [0.25, 0.3) is 0 Å². The van der Waals surface area contributed by atoms with E-state index in [1.54, 1.807) is 21.1 Å². The zero-order valence-electron chi connectivity index (χ0n) is 18.5. The molecular formula is C23H37N3O3. The number of amides is 1. The van der Waals surface area contributed by atoms with E-state index in [-0.39, 0.29) is 5.91 Å². The van der Waals surface area contributed by atoms with E-state index in [4.69, 9.17) is 9.47 Å². The van der Waals surface area contributed by atoms with Crippen LogP contribution in [0.2, 0.25) is 0 Å². The first-order valence-corrected chi connectivity index (χ1v) is 10.9. The molecule has 0 unspecified atom stereocenters. The number of methoxy groups -OCH3 is 2. The van der Waals surface area contributed by atoms with Gasteiger partial charge in [-0.1, -0.05) is 6.07 Å². The van der Waals surface area contributed by atoms with Gasteiger partial charge in [0.15, 0.2) is 11.5 Å². The number of carbonyl (C=O) groups excluding carboxylic acids is 1. The van der Waals surface area contributed by atoms with Crippen LogP contribution in [-0.4, -0.2) is 86.7 Å². The van der Waals surface area contributed by atoms with Crippen molar-refractivity contribution in [1.29, 1.82) is 0 Å². The zero-order valence-corrected chi connectivity index (χ0v) is 18.5. The van der Waals surface area contributed by atoms with E-state index >= 15 is 0 Å². The molecule has 2 saturated heterocycles. The van der Waals surface area contributed by atoms with E-state index in [1.807, 2.05) is 11.0 Å². The number of rotatable bonds is 7. The highest BCUT2D eigenvalue weighted by Gasteiger charge is 2.30. The van der Waals surface area contributed by atoms with Crippen LogP contribution in [0.1, 0.15) is 38.2 Å². The summed E-state index contributed by atoms with van der Waals surface area (Å²) in [6.45, 7) is 6.89. The SMILES string of the molecule is COc1ccc(CCN(C)[C@@H]2CCCN(C3CCN(C(C)=O)CC3)C2)cc1OC. The van der Waals surface area contributed by atoms with Gasteiger partial charge in [0.1, 0.15) is 0 Å². The van der Waals surface area contributed by atoms with Gasteiger partial charge in [0, 0.05) is 45.2 Å². The maximum Gasteiger partial charge on any atom is 0.219 e. The van der Waals surface area contributed by atoms with Gasteiger partial charge in [-0.15, -0.1) is 0 Å². The molecule has 1 aromatic carbocycles. The van der Waals surface area contributed by atoms with E-state index in [2.05, 4.69) is 29.0 Å². The second-order valence-electron chi connectivity index (χ2n) is 8.45. The molecule has 162 valence electrons. The fourth-order valence-corrected chi connectivity index (χ4v) is 4.74. The van der Waals surface area contributed by atoms with Crippen molar-refractivity contribution in [2.24, 2.45) is 0 Å². The molecule has 0 saturated carbocycles. The van der Waals surface area contributed by atoms with Crippen LogP contribution in [0.4, 0.5) is 0 Å². The lowest BCUT2D eigenvalue weighted by atomic mass is 9.97. The molecule has 0 aromatic heterocycles. The van der Waals surface area contributed by atoms with Crippen LogP contribution < -0.4 is 9.47 Å². The van der Waals surface area contributed by atoms with Crippen LogP contribution in [0.15, 0.2) is 18.2 Å². The topological polar surface area (TPSA) is 45.2 Å². The standard InChI is InChI=1S/C23H37N3O3/c1-18(27)25-14-10-20(11-15-25)26-12-5-6-21(17-26)24(2)13-9-19-7-8-22(28-3)23(16-19)29-4/h7-8,16,20-21H,5-6,9-15,17H2,1-4H3/t21-/m1/s1. The number of ether oxygens (including phenoxy) is 2. The van der Waals surface area contributed by atoms with Crippen LogP contribution in [0, 0.1) is 0 Å². The Morgan fingerprint density at radius 1 is 1.10 bits per heavy atom. The average Bonchev–Trinajstić information content (AvgIpc) is 2.77. The molecule has 0 aliphatic carbocycles. The summed E-state index contributed by atoms with van der Waals surface area (Å²) in [5, 5.41) is 0. The summed E-state index contributed by atoms with van der Waals surface area (Å²) < 4.78 is 10.8. The summed E-state index contributed by atoms with van der Waals surface area (Å²) in [4.78, 5) is 18.8. The average molecular weight is 404 g/mol. The molecule has 3 rings (SSSR count). The van der Waals surface area contributed by atoms with Gasteiger partial charge in [-0.2, -0.15) is 0 Å². The molecule has 0 N–H and O–H groups in total. The molecule has 2 fully saturated rings. The zero-order chi connectivity index (χ0) is 20.8. The number of piperidine rings is 2. The van der Waals surface area contributed by atoms with E-state index in [1.165, 1.54) is 24.9 Å². The molecule has 1 amide bonds. The number of nitrogens with zero attached hydrogens (tertiary/aromatic N) is 3. The van der Waals surface area contributed by atoms with Crippen molar-refractivity contribution in [3.05, 3.63) is 23.8 Å². The minimum Gasteiger partial charge on any atom is -0.493 e. The predicted molar refractivity (Wildman–Crippen MR) is 116 cm³/mol. The summed E-state index contributed by atoms with van der Waals surface area (Å²) in [5.41, 5.74) is 1.28. The summed E-state index contributed by atoms with van der Waals surface area (Å²) in [7, 11) is 5.61. The Bertz CT molecular complexity index is 673. The van der Waals surface area contributed by atoms with Gasteiger partial charge in [0.05, 0.1) is 14.2 Å². The smallest absolute Gasteiger partial charge is 0.219 e. The Hall–Kier alpha value is -1.79. The fraction of sp³-hybridized carbons (Fsp3) is 0.696. The number of hydrogen-bond donors (Lipinski definition) is 0. The number of likely N-dealkylation sites (tertiary alicyclic amines) is 2. The Labute approximate surface area is 175 Å². The molecule has 2 heterocycles. The van der Waals surface area contributed by atoms with E-state index in [0.717, 1.165) is 56.9 Å². The van der Waals surface area contributed by atoms with E-state index in [9.17, 15) is 4.79 Å². The molecule has 0 bridgehead atoms. The first-order chi connectivity index (χ1) is 14.0. The molecule has 1 atom stereocenters. The number of hydrogen-bond acceptors (Lipinski definition) is 5. The molecule has 2 aliphatic rings. The van der Waals surface area contributed by atoms with Crippen LogP contribution in [-0.2, 0) is 11.2 Å². The van der Waals surface area contributed by atoms with Crippen LogP contribution in [0.3, 0.4) is 0 Å². The maximum atomic E-state index is 11.6. The highest BCUT2D eigenvalue weighted by molar-refractivity contribution is 5.73. The van der Waals surface area contributed by atoms with Crippen LogP contribution in [0.5, 0.6) is 11.5 Å². The van der Waals surface area contributed by atoms with Gasteiger partial charge >= 0.3 is 0 Å². The first kappa shape index (κ1) is 21.9. The van der Waals surface area contributed by atoms with E-state index in [0.29, 0.717) is 12.1 Å². The molecule has 0 radical (unpaired) electrons. The van der Waals surface area contributed by atoms with Gasteiger partial charge in [-0.3, -0.25) is 9.69 Å². The minimum atomic E-state index is 0.217. The summed E-state index contributed by atoms with van der Waals surface area (Å²) in [6, 6.07) is 7.44. The highest BCUT2D eigenvalue weighted by atomic mass is 16.5. The Kier molecular flexibility index (Phi) is 7.78. The van der Waals surface area contributed by atoms with Crippen molar-refractivity contribution >= 4 is 5.91 Å². The summed E-state index contributed by atoms with van der Waals surface area (Å²) in [6.07, 6.45) is 5.76. The third kappa shape index (κ3) is 5.64. The minimum absolute atomic E-state index is 0.217. The second-order valence-corrected chi connectivity index (χ2v) is 8.45. The summed E-state index contributed by atoms with van der Waals surface area (Å²) >= 11 is 0. The second kappa shape index (κ2) is 10.3. The Balaban J connectivity index is 1.49. The van der Waals surface area contributed by atoms with Gasteiger partial charge < -0.3 is 19.3 Å². The fourth-order valence-electron chi connectivity index (χ4n) is 4.74. The summed E-state index contributed by atoms with van der Waals surface area (Å²) in [5.74, 6) is 1.80. The number of carbonyl (C=O) groups is 1. The Morgan fingerprint density at radius 2 is 1.83 bits per heavy atom. The highest BCUT2D eigenvalue weighted by Crippen LogP contribution is 2.28. The molecular weight excluding hydrogens is 366 g/mol. The van der Waals surface area contributed by atoms with Crippen molar-refractivity contribution < 1.29 is 14.3 Å². The first-order valence-electron chi connectivity index (χ1n) is 10.9. The van der Waals surface area contributed by atoms with Gasteiger partial charge in [-0.25, -0.2) is 0 Å². The molecule has 0 spiro atoms. The van der Waals surface area contributed by atoms with Crippen molar-refractivity contribution in [2.45, 2.75) is 51.1 Å². The van der Waals surface area contributed by atoms with Crippen LogP contribution >= 0.6 is 0 Å². The quantitative estimate of drug-likeness (QED) is 0.700. The van der Waals surface area contributed by atoms with Crippen molar-refractivity contribution in [2.75, 3.05) is 54.0 Å².